The van der Waals surface area contributed by atoms with E-state index < -0.39 is 6.43 Å². The predicted molar refractivity (Wildman–Crippen MR) is 90.6 cm³/mol. The van der Waals surface area contributed by atoms with Gasteiger partial charge in [-0.15, -0.1) is 0 Å². The quantitative estimate of drug-likeness (QED) is 0.691. The Kier molecular flexibility index (Phi) is 4.37. The van der Waals surface area contributed by atoms with Gasteiger partial charge < -0.3 is 13.9 Å². The minimum absolute atomic E-state index is 0.106. The highest BCUT2D eigenvalue weighted by molar-refractivity contribution is 5.91. The largest absolute Gasteiger partial charge is 0.351 e. The Morgan fingerprint density at radius 1 is 1.26 bits per heavy atom. The van der Waals surface area contributed by atoms with E-state index in [0.717, 1.165) is 12.8 Å². The summed E-state index contributed by atoms with van der Waals surface area (Å²) in [5.41, 5.74) is 1.47. The summed E-state index contributed by atoms with van der Waals surface area (Å²) in [6.07, 6.45) is -1.18. The van der Waals surface area contributed by atoms with Crippen LogP contribution in [0, 0.1) is 13.8 Å². The Labute approximate surface area is 153 Å². The van der Waals surface area contributed by atoms with Crippen molar-refractivity contribution in [1.82, 2.24) is 20.2 Å². The van der Waals surface area contributed by atoms with Crippen molar-refractivity contribution in [3.05, 3.63) is 40.5 Å². The number of halogens is 2. The fraction of sp³-hybridized carbons (Fsp3) is 0.444. The summed E-state index contributed by atoms with van der Waals surface area (Å²) >= 11 is 0. The third-order valence-corrected chi connectivity index (χ3v) is 4.87. The van der Waals surface area contributed by atoms with Gasteiger partial charge in [0.25, 0.3) is 18.0 Å². The maximum atomic E-state index is 13.5. The minimum atomic E-state index is -2.66. The summed E-state index contributed by atoms with van der Waals surface area (Å²) in [5.74, 6) is -0.249. The van der Waals surface area contributed by atoms with Gasteiger partial charge in [0, 0.05) is 36.3 Å². The highest BCUT2D eigenvalue weighted by Gasteiger charge is 2.30. The standard InChI is InChI=1S/C18H18F2N4O3/c1-9-6-14(26-22-9)18(25)24-5-3-4-11(8-24)13-7-12(16(19)20)15-10(2)23-27-17(15)21-13/h6-7,11,16H,3-5,8H2,1-2H3. The number of carbonyl (C=O) groups is 1. The smallest absolute Gasteiger partial charge is 0.292 e. The van der Waals surface area contributed by atoms with Crippen LogP contribution in [0.25, 0.3) is 11.1 Å². The number of pyridine rings is 1. The molecule has 3 aromatic rings. The number of hydrogen-bond donors (Lipinski definition) is 0. The molecule has 1 unspecified atom stereocenters. The molecule has 0 spiro atoms. The van der Waals surface area contributed by atoms with Crippen LogP contribution in [0.1, 0.15) is 58.4 Å². The van der Waals surface area contributed by atoms with Crippen molar-refractivity contribution < 1.29 is 22.6 Å². The van der Waals surface area contributed by atoms with Gasteiger partial charge in [0.1, 0.15) is 0 Å². The van der Waals surface area contributed by atoms with Gasteiger partial charge in [-0.2, -0.15) is 0 Å². The Morgan fingerprint density at radius 2 is 2.07 bits per heavy atom. The normalized spacial score (nSPS) is 17.8. The van der Waals surface area contributed by atoms with Gasteiger partial charge >= 0.3 is 0 Å². The van der Waals surface area contributed by atoms with Crippen molar-refractivity contribution >= 4 is 17.0 Å². The lowest BCUT2D eigenvalue weighted by Gasteiger charge is -2.32. The third kappa shape index (κ3) is 3.17. The summed E-state index contributed by atoms with van der Waals surface area (Å²) in [6, 6.07) is 3.00. The summed E-state index contributed by atoms with van der Waals surface area (Å²) in [5, 5.41) is 7.75. The number of piperidine rings is 1. The second-order valence-electron chi connectivity index (χ2n) is 6.81. The predicted octanol–water partition coefficient (Wildman–Crippen LogP) is 3.79. The molecule has 0 aromatic carbocycles. The number of carbonyl (C=O) groups excluding carboxylic acids is 1. The number of amides is 1. The lowest BCUT2D eigenvalue weighted by Crippen LogP contribution is -2.39. The Bertz CT molecular complexity index is 998. The summed E-state index contributed by atoms with van der Waals surface area (Å²) in [4.78, 5) is 18.6. The van der Waals surface area contributed by atoms with E-state index >= 15 is 0 Å². The molecule has 1 aliphatic rings. The first-order valence-electron chi connectivity index (χ1n) is 8.71. The highest BCUT2D eigenvalue weighted by Crippen LogP contribution is 2.34. The van der Waals surface area contributed by atoms with E-state index in [9.17, 15) is 13.6 Å². The summed E-state index contributed by atoms with van der Waals surface area (Å²) < 4.78 is 37.3. The first kappa shape index (κ1) is 17.6. The second kappa shape index (κ2) is 6.71. The Morgan fingerprint density at radius 3 is 2.78 bits per heavy atom. The molecule has 1 fully saturated rings. The highest BCUT2D eigenvalue weighted by atomic mass is 19.3. The number of alkyl halides is 2. The van der Waals surface area contributed by atoms with Crippen molar-refractivity contribution in [2.24, 2.45) is 0 Å². The molecule has 142 valence electrons. The van der Waals surface area contributed by atoms with Gasteiger partial charge in [0.15, 0.2) is 0 Å². The van der Waals surface area contributed by atoms with Crippen molar-refractivity contribution in [2.75, 3.05) is 13.1 Å². The number of hydrogen-bond acceptors (Lipinski definition) is 6. The SMILES string of the molecule is Cc1cc(C(=O)N2CCCC(c3cc(C(F)F)c4c(C)noc4n3)C2)on1. The second-order valence-corrected chi connectivity index (χ2v) is 6.81. The first-order valence-corrected chi connectivity index (χ1v) is 8.71. The lowest BCUT2D eigenvalue weighted by molar-refractivity contribution is 0.0663. The molecule has 27 heavy (non-hydrogen) atoms. The van der Waals surface area contributed by atoms with E-state index in [1.54, 1.807) is 24.8 Å². The summed E-state index contributed by atoms with van der Waals surface area (Å²) in [6.45, 7) is 4.29. The molecule has 0 N–H and O–H groups in total. The molecule has 0 radical (unpaired) electrons. The average molecular weight is 376 g/mol. The molecule has 4 heterocycles. The Hall–Kier alpha value is -2.84. The number of likely N-dealkylation sites (tertiary alicyclic amines) is 1. The minimum Gasteiger partial charge on any atom is -0.351 e. The van der Waals surface area contributed by atoms with Gasteiger partial charge in [-0.3, -0.25) is 4.79 Å². The number of fused-ring (bicyclic) bond motifs is 1. The van der Waals surface area contributed by atoms with Crippen molar-refractivity contribution in [3.63, 3.8) is 0 Å². The number of nitrogens with zero attached hydrogens (tertiary/aromatic N) is 4. The number of rotatable bonds is 3. The molecular formula is C18H18F2N4O3. The average Bonchev–Trinajstić information content (AvgIpc) is 3.26. The molecular weight excluding hydrogens is 358 g/mol. The van der Waals surface area contributed by atoms with E-state index in [1.165, 1.54) is 6.07 Å². The maximum Gasteiger partial charge on any atom is 0.292 e. The zero-order valence-electron chi connectivity index (χ0n) is 14.9. The topological polar surface area (TPSA) is 85.3 Å². The molecule has 0 bridgehead atoms. The van der Waals surface area contributed by atoms with Gasteiger partial charge in [0.05, 0.1) is 16.8 Å². The Balaban J connectivity index is 1.64. The molecule has 1 saturated heterocycles. The zero-order valence-corrected chi connectivity index (χ0v) is 14.9. The van der Waals surface area contributed by atoms with E-state index in [-0.39, 0.29) is 34.2 Å². The monoisotopic (exact) mass is 376 g/mol. The van der Waals surface area contributed by atoms with Crippen LogP contribution in [0.5, 0.6) is 0 Å². The zero-order chi connectivity index (χ0) is 19.1. The molecule has 1 aliphatic heterocycles. The number of aryl methyl sites for hydroxylation is 2. The van der Waals surface area contributed by atoms with Crippen molar-refractivity contribution in [1.29, 1.82) is 0 Å². The van der Waals surface area contributed by atoms with Crippen LogP contribution >= 0.6 is 0 Å². The molecule has 1 atom stereocenters. The van der Waals surface area contributed by atoms with Crippen LogP contribution in [-0.4, -0.2) is 39.2 Å². The van der Waals surface area contributed by atoms with Crippen LogP contribution < -0.4 is 0 Å². The lowest BCUT2D eigenvalue weighted by atomic mass is 9.92. The van der Waals surface area contributed by atoms with Gasteiger partial charge in [-0.1, -0.05) is 10.3 Å². The van der Waals surface area contributed by atoms with E-state index in [1.807, 2.05) is 0 Å². The van der Waals surface area contributed by atoms with Crippen LogP contribution in [0.15, 0.2) is 21.2 Å². The van der Waals surface area contributed by atoms with Gasteiger partial charge in [-0.05, 0) is 32.8 Å². The number of aromatic nitrogens is 3. The van der Waals surface area contributed by atoms with Crippen LogP contribution in [0.4, 0.5) is 8.78 Å². The van der Waals surface area contributed by atoms with E-state index in [2.05, 4.69) is 15.3 Å². The fourth-order valence-electron chi connectivity index (χ4n) is 3.55. The van der Waals surface area contributed by atoms with Gasteiger partial charge in [-0.25, -0.2) is 13.8 Å². The van der Waals surface area contributed by atoms with Gasteiger partial charge in [0.2, 0.25) is 5.76 Å². The first-order chi connectivity index (χ1) is 12.9. The molecule has 7 nitrogen and oxygen atoms in total. The van der Waals surface area contributed by atoms with Crippen LogP contribution in [-0.2, 0) is 0 Å². The molecule has 0 aliphatic carbocycles. The molecule has 0 saturated carbocycles. The fourth-order valence-corrected chi connectivity index (χ4v) is 3.55. The third-order valence-electron chi connectivity index (χ3n) is 4.87. The maximum absolute atomic E-state index is 13.5. The van der Waals surface area contributed by atoms with Crippen LogP contribution in [0.3, 0.4) is 0 Å². The molecule has 3 aromatic heterocycles. The molecule has 9 heteroatoms. The molecule has 4 rings (SSSR count). The van der Waals surface area contributed by atoms with E-state index in [4.69, 9.17) is 9.05 Å². The summed E-state index contributed by atoms with van der Waals surface area (Å²) in [7, 11) is 0. The molecule has 1 amide bonds. The van der Waals surface area contributed by atoms with Crippen LogP contribution in [0.2, 0.25) is 0 Å². The van der Waals surface area contributed by atoms with Crippen molar-refractivity contribution in [2.45, 2.75) is 39.0 Å². The van der Waals surface area contributed by atoms with Crippen molar-refractivity contribution in [3.8, 4) is 0 Å². The van der Waals surface area contributed by atoms with E-state index in [0.29, 0.717) is 30.2 Å².